The summed E-state index contributed by atoms with van der Waals surface area (Å²) in [7, 11) is 1.59. The number of carbonyl (C=O) groups is 2. The van der Waals surface area contributed by atoms with Gasteiger partial charge in [-0.15, -0.1) is 0 Å². The molecule has 1 N–H and O–H groups in total. The molecule has 0 bridgehead atoms. The predicted molar refractivity (Wildman–Crippen MR) is 78.3 cm³/mol. The van der Waals surface area contributed by atoms with E-state index in [2.05, 4.69) is 21.2 Å². The number of ether oxygens (including phenoxy) is 1. The highest BCUT2D eigenvalue weighted by molar-refractivity contribution is 9.10. The van der Waals surface area contributed by atoms with Gasteiger partial charge in [0.15, 0.2) is 0 Å². The molecular weight excluding hydrogens is 324 g/mol. The molecule has 1 aliphatic heterocycles. The van der Waals surface area contributed by atoms with E-state index in [0.29, 0.717) is 18.7 Å². The molecule has 20 heavy (non-hydrogen) atoms. The van der Waals surface area contributed by atoms with Crippen molar-refractivity contribution in [1.29, 1.82) is 0 Å². The molecule has 0 spiro atoms. The molecule has 1 saturated heterocycles. The van der Waals surface area contributed by atoms with Crippen LogP contribution in [0, 0.1) is 0 Å². The lowest BCUT2D eigenvalue weighted by Gasteiger charge is -2.34. The number of hydrogen-bond donors (Lipinski definition) is 1. The third kappa shape index (κ3) is 2.95. The summed E-state index contributed by atoms with van der Waals surface area (Å²) in [6.45, 7) is 2.33. The van der Waals surface area contributed by atoms with Crippen molar-refractivity contribution < 1.29 is 14.3 Å². The van der Waals surface area contributed by atoms with Crippen LogP contribution in [0.4, 0.5) is 0 Å². The molecule has 2 amide bonds. The molecule has 1 aliphatic rings. The Balaban J connectivity index is 2.28. The van der Waals surface area contributed by atoms with E-state index < -0.39 is 6.04 Å². The Morgan fingerprint density at radius 1 is 1.45 bits per heavy atom. The minimum atomic E-state index is -0.417. The first-order valence-corrected chi connectivity index (χ1v) is 7.25. The molecule has 2 rings (SSSR count). The van der Waals surface area contributed by atoms with E-state index in [1.165, 1.54) is 0 Å². The summed E-state index contributed by atoms with van der Waals surface area (Å²) in [4.78, 5) is 25.5. The number of halogens is 1. The average Bonchev–Trinajstić information content (AvgIpc) is 2.43. The Hall–Kier alpha value is -1.56. The van der Waals surface area contributed by atoms with E-state index in [9.17, 15) is 9.59 Å². The van der Waals surface area contributed by atoms with Crippen LogP contribution < -0.4 is 10.1 Å². The fraction of sp³-hybridized carbons (Fsp3) is 0.429. The van der Waals surface area contributed by atoms with E-state index in [1.807, 2.05) is 25.1 Å². The number of rotatable bonds is 4. The van der Waals surface area contributed by atoms with Crippen LogP contribution in [0.15, 0.2) is 22.7 Å². The number of nitrogens with one attached hydrogen (secondary N) is 1. The van der Waals surface area contributed by atoms with Crippen LogP contribution in [0.25, 0.3) is 0 Å². The first-order chi connectivity index (χ1) is 9.56. The number of piperazine rings is 1. The molecular formula is C14H17BrN2O3. The highest BCUT2D eigenvalue weighted by Crippen LogP contribution is 2.26. The van der Waals surface area contributed by atoms with Gasteiger partial charge in [-0.25, -0.2) is 0 Å². The zero-order valence-corrected chi connectivity index (χ0v) is 13.1. The van der Waals surface area contributed by atoms with Gasteiger partial charge >= 0.3 is 0 Å². The summed E-state index contributed by atoms with van der Waals surface area (Å²) in [5.74, 6) is 0.543. The molecule has 1 fully saturated rings. The summed E-state index contributed by atoms with van der Waals surface area (Å²) >= 11 is 3.41. The molecule has 6 heteroatoms. The molecule has 108 valence electrons. The highest BCUT2D eigenvalue weighted by Gasteiger charge is 2.33. The van der Waals surface area contributed by atoms with Gasteiger partial charge in [0.1, 0.15) is 11.8 Å². The highest BCUT2D eigenvalue weighted by atomic mass is 79.9. The summed E-state index contributed by atoms with van der Waals surface area (Å²) < 4.78 is 6.23. The Morgan fingerprint density at radius 3 is 2.85 bits per heavy atom. The van der Waals surface area contributed by atoms with Crippen molar-refractivity contribution in [3.63, 3.8) is 0 Å². The zero-order valence-electron chi connectivity index (χ0n) is 11.5. The Labute approximate surface area is 126 Å². The van der Waals surface area contributed by atoms with Gasteiger partial charge in [0.2, 0.25) is 11.8 Å². The van der Waals surface area contributed by atoms with E-state index in [4.69, 9.17) is 4.74 Å². The molecule has 0 saturated carbocycles. The van der Waals surface area contributed by atoms with Crippen molar-refractivity contribution in [3.05, 3.63) is 28.2 Å². The second-order valence-corrected chi connectivity index (χ2v) is 5.54. The van der Waals surface area contributed by atoms with Crippen molar-refractivity contribution in [2.75, 3.05) is 13.7 Å². The smallest absolute Gasteiger partial charge is 0.243 e. The van der Waals surface area contributed by atoms with Crippen LogP contribution in [0.1, 0.15) is 18.9 Å². The maximum absolute atomic E-state index is 12.1. The lowest BCUT2D eigenvalue weighted by molar-refractivity contribution is -0.146. The molecule has 0 radical (unpaired) electrons. The Bertz CT molecular complexity index is 533. The summed E-state index contributed by atoms with van der Waals surface area (Å²) in [5, 5.41) is 2.62. The van der Waals surface area contributed by atoms with E-state index >= 15 is 0 Å². The SMILES string of the molecule is CCC1C(=O)NCC(=O)N1Cc1cc(Br)ccc1OC. The van der Waals surface area contributed by atoms with Crippen molar-refractivity contribution in [3.8, 4) is 5.75 Å². The van der Waals surface area contributed by atoms with Crippen LogP contribution in [-0.2, 0) is 16.1 Å². The molecule has 0 aromatic heterocycles. The van der Waals surface area contributed by atoms with Crippen LogP contribution in [0.5, 0.6) is 5.75 Å². The van der Waals surface area contributed by atoms with Gasteiger partial charge in [-0.2, -0.15) is 0 Å². The molecule has 1 aromatic rings. The van der Waals surface area contributed by atoms with Crippen molar-refractivity contribution in [2.24, 2.45) is 0 Å². The maximum Gasteiger partial charge on any atom is 0.243 e. The quantitative estimate of drug-likeness (QED) is 0.907. The number of carbonyl (C=O) groups excluding carboxylic acids is 2. The fourth-order valence-electron chi connectivity index (χ4n) is 2.36. The molecule has 1 atom stereocenters. The number of methoxy groups -OCH3 is 1. The van der Waals surface area contributed by atoms with Gasteiger partial charge in [-0.3, -0.25) is 9.59 Å². The monoisotopic (exact) mass is 340 g/mol. The first kappa shape index (κ1) is 14.8. The predicted octanol–water partition coefficient (Wildman–Crippen LogP) is 1.69. The maximum atomic E-state index is 12.1. The van der Waals surface area contributed by atoms with Gasteiger partial charge in [0, 0.05) is 10.0 Å². The van der Waals surface area contributed by atoms with Crippen LogP contribution in [0.3, 0.4) is 0 Å². The van der Waals surface area contributed by atoms with Gasteiger partial charge in [-0.1, -0.05) is 22.9 Å². The topological polar surface area (TPSA) is 58.6 Å². The minimum Gasteiger partial charge on any atom is -0.496 e. The number of amides is 2. The lowest BCUT2D eigenvalue weighted by atomic mass is 10.1. The minimum absolute atomic E-state index is 0.0612. The summed E-state index contributed by atoms with van der Waals surface area (Å²) in [6.07, 6.45) is 0.591. The molecule has 1 unspecified atom stereocenters. The molecule has 0 aliphatic carbocycles. The average molecular weight is 341 g/mol. The lowest BCUT2D eigenvalue weighted by Crippen LogP contribution is -2.57. The van der Waals surface area contributed by atoms with E-state index in [1.54, 1.807) is 12.0 Å². The third-order valence-electron chi connectivity index (χ3n) is 3.38. The van der Waals surface area contributed by atoms with Gasteiger partial charge in [-0.05, 0) is 24.6 Å². The second kappa shape index (κ2) is 6.26. The van der Waals surface area contributed by atoms with Crippen LogP contribution in [-0.4, -0.2) is 36.4 Å². The van der Waals surface area contributed by atoms with Crippen molar-refractivity contribution >= 4 is 27.7 Å². The van der Waals surface area contributed by atoms with Crippen molar-refractivity contribution in [2.45, 2.75) is 25.9 Å². The number of hydrogen-bond acceptors (Lipinski definition) is 3. The van der Waals surface area contributed by atoms with Crippen LogP contribution >= 0.6 is 15.9 Å². The second-order valence-electron chi connectivity index (χ2n) is 4.62. The Morgan fingerprint density at radius 2 is 2.20 bits per heavy atom. The fourth-order valence-corrected chi connectivity index (χ4v) is 2.76. The number of benzene rings is 1. The van der Waals surface area contributed by atoms with Gasteiger partial charge in [0.25, 0.3) is 0 Å². The van der Waals surface area contributed by atoms with Crippen molar-refractivity contribution in [1.82, 2.24) is 10.2 Å². The number of nitrogens with zero attached hydrogens (tertiary/aromatic N) is 1. The summed E-state index contributed by atoms with van der Waals surface area (Å²) in [6, 6.07) is 5.21. The van der Waals surface area contributed by atoms with Gasteiger partial charge < -0.3 is 15.0 Å². The normalized spacial score (nSPS) is 18.9. The Kier molecular flexibility index (Phi) is 4.65. The largest absolute Gasteiger partial charge is 0.496 e. The summed E-state index contributed by atoms with van der Waals surface area (Å²) in [5.41, 5.74) is 0.878. The zero-order chi connectivity index (χ0) is 14.7. The van der Waals surface area contributed by atoms with Gasteiger partial charge in [0.05, 0.1) is 20.2 Å². The standard InChI is InChI=1S/C14H17BrN2O3/c1-3-11-14(19)16-7-13(18)17(11)8-9-6-10(15)4-5-12(9)20-2/h4-6,11H,3,7-8H2,1-2H3,(H,16,19). The molecule has 1 heterocycles. The van der Waals surface area contributed by atoms with E-state index in [0.717, 1.165) is 10.0 Å². The van der Waals surface area contributed by atoms with E-state index in [-0.39, 0.29) is 18.4 Å². The third-order valence-corrected chi connectivity index (χ3v) is 3.88. The first-order valence-electron chi connectivity index (χ1n) is 6.46. The molecule has 1 aromatic carbocycles. The molecule has 5 nitrogen and oxygen atoms in total. The van der Waals surface area contributed by atoms with Crippen LogP contribution in [0.2, 0.25) is 0 Å².